The van der Waals surface area contributed by atoms with E-state index in [4.69, 9.17) is 9.47 Å². The zero-order valence-corrected chi connectivity index (χ0v) is 19.7. The fourth-order valence-electron chi connectivity index (χ4n) is 4.17. The minimum Gasteiger partial charge on any atom is -0.497 e. The number of ether oxygens (including phenoxy) is 2. The van der Waals surface area contributed by atoms with Crippen molar-refractivity contribution >= 4 is 23.4 Å². The number of anilines is 2. The number of carbonyl (C=O) groups is 1. The average molecular weight is 457 g/mol. The van der Waals surface area contributed by atoms with E-state index in [0.29, 0.717) is 11.4 Å². The van der Waals surface area contributed by atoms with E-state index in [1.807, 2.05) is 26.0 Å². The third kappa shape index (κ3) is 4.98. The van der Waals surface area contributed by atoms with E-state index in [-0.39, 0.29) is 5.57 Å². The van der Waals surface area contributed by atoms with Crippen LogP contribution in [-0.4, -0.2) is 43.9 Å². The summed E-state index contributed by atoms with van der Waals surface area (Å²) in [5.41, 5.74) is 5.61. The fourth-order valence-corrected chi connectivity index (χ4v) is 4.17. The second-order valence-corrected chi connectivity index (χ2v) is 8.13. The highest BCUT2D eigenvalue weighted by molar-refractivity contribution is 6.09. The molecule has 0 aliphatic carbocycles. The number of aromatic nitrogens is 1. The molecule has 0 atom stereocenters. The number of nitrogens with zero attached hydrogens (tertiary/aromatic N) is 3. The van der Waals surface area contributed by atoms with Crippen molar-refractivity contribution in [1.82, 2.24) is 4.57 Å². The second kappa shape index (κ2) is 10.3. The largest absolute Gasteiger partial charge is 0.497 e. The Hall–Kier alpha value is -4.02. The molecule has 174 valence electrons. The minimum atomic E-state index is -0.463. The third-order valence-electron chi connectivity index (χ3n) is 5.95. The number of methoxy groups -OCH3 is 1. The summed E-state index contributed by atoms with van der Waals surface area (Å²) < 4.78 is 12.8. The molecule has 1 N–H and O–H groups in total. The molecule has 0 spiro atoms. The Morgan fingerprint density at radius 2 is 1.79 bits per heavy atom. The molecular weight excluding hydrogens is 428 g/mol. The van der Waals surface area contributed by atoms with E-state index in [1.165, 1.54) is 5.69 Å². The van der Waals surface area contributed by atoms with Crippen LogP contribution in [0.1, 0.15) is 17.0 Å². The SMILES string of the molecule is COc1cccc(NC(=O)/C(C#N)=C\c2cc(C)n(-c3ccc(N4CCOCC4)cc3)c2C)c1. The monoisotopic (exact) mass is 456 g/mol. The van der Waals surface area contributed by atoms with Crippen molar-refractivity contribution in [2.75, 3.05) is 43.6 Å². The van der Waals surface area contributed by atoms with Gasteiger partial charge in [-0.05, 0) is 68.0 Å². The number of aryl methyl sites for hydroxylation is 1. The summed E-state index contributed by atoms with van der Waals surface area (Å²) in [6, 6.07) is 19.5. The van der Waals surface area contributed by atoms with Gasteiger partial charge in [0.1, 0.15) is 17.4 Å². The van der Waals surface area contributed by atoms with E-state index < -0.39 is 5.91 Å². The zero-order valence-electron chi connectivity index (χ0n) is 19.7. The van der Waals surface area contributed by atoms with Crippen LogP contribution in [0.15, 0.2) is 60.2 Å². The van der Waals surface area contributed by atoms with Crippen LogP contribution < -0.4 is 15.0 Å². The van der Waals surface area contributed by atoms with Gasteiger partial charge in [-0.15, -0.1) is 0 Å². The summed E-state index contributed by atoms with van der Waals surface area (Å²) in [4.78, 5) is 15.1. The van der Waals surface area contributed by atoms with E-state index in [2.05, 4.69) is 39.0 Å². The van der Waals surface area contributed by atoms with E-state index in [0.717, 1.165) is 48.9 Å². The summed E-state index contributed by atoms with van der Waals surface area (Å²) in [7, 11) is 1.56. The Morgan fingerprint density at radius 1 is 1.09 bits per heavy atom. The van der Waals surface area contributed by atoms with Crippen molar-refractivity contribution in [3.05, 3.63) is 77.1 Å². The van der Waals surface area contributed by atoms with Crippen molar-refractivity contribution in [3.8, 4) is 17.5 Å². The Labute approximate surface area is 199 Å². The van der Waals surface area contributed by atoms with Crippen LogP contribution in [0.5, 0.6) is 5.75 Å². The van der Waals surface area contributed by atoms with Gasteiger partial charge in [0, 0.05) is 47.6 Å². The van der Waals surface area contributed by atoms with Gasteiger partial charge in [-0.25, -0.2) is 0 Å². The molecule has 0 unspecified atom stereocenters. The topological polar surface area (TPSA) is 79.5 Å². The molecule has 0 radical (unpaired) electrons. The zero-order chi connectivity index (χ0) is 24.1. The van der Waals surface area contributed by atoms with Crippen LogP contribution in [0, 0.1) is 25.2 Å². The van der Waals surface area contributed by atoms with Crippen molar-refractivity contribution in [3.63, 3.8) is 0 Å². The highest BCUT2D eigenvalue weighted by Crippen LogP contribution is 2.26. The summed E-state index contributed by atoms with van der Waals surface area (Å²) in [5, 5.41) is 12.4. The van der Waals surface area contributed by atoms with E-state index in [9.17, 15) is 10.1 Å². The predicted octanol–water partition coefficient (Wildman–Crippen LogP) is 4.49. The number of nitrogens with one attached hydrogen (secondary N) is 1. The summed E-state index contributed by atoms with van der Waals surface area (Å²) in [5.74, 6) is 0.166. The molecule has 1 aliphatic heterocycles. The standard InChI is InChI=1S/C27H28N4O3/c1-19-15-21(16-22(18-28)27(32)29-23-5-4-6-26(17-23)33-3)20(2)31(19)25-9-7-24(8-10-25)30-11-13-34-14-12-30/h4-10,15-17H,11-14H2,1-3H3,(H,29,32)/b22-16-. The molecular formula is C27H28N4O3. The second-order valence-electron chi connectivity index (χ2n) is 8.13. The Bertz CT molecular complexity index is 1250. The van der Waals surface area contributed by atoms with Crippen LogP contribution in [0.25, 0.3) is 11.8 Å². The maximum atomic E-state index is 12.7. The highest BCUT2D eigenvalue weighted by Gasteiger charge is 2.15. The molecule has 1 amide bonds. The number of morpholine rings is 1. The molecule has 0 bridgehead atoms. The third-order valence-corrected chi connectivity index (χ3v) is 5.95. The quantitative estimate of drug-likeness (QED) is 0.437. The minimum absolute atomic E-state index is 0.0331. The van der Waals surface area contributed by atoms with Crippen molar-refractivity contribution in [1.29, 1.82) is 5.26 Å². The number of amides is 1. The lowest BCUT2D eigenvalue weighted by Crippen LogP contribution is -2.36. The van der Waals surface area contributed by atoms with Gasteiger partial charge in [-0.1, -0.05) is 6.07 Å². The number of rotatable bonds is 6. The molecule has 1 fully saturated rings. The average Bonchev–Trinajstić information content (AvgIpc) is 3.15. The van der Waals surface area contributed by atoms with Gasteiger partial charge in [-0.2, -0.15) is 5.26 Å². The van der Waals surface area contributed by atoms with Gasteiger partial charge in [0.2, 0.25) is 0 Å². The number of hydrogen-bond donors (Lipinski definition) is 1. The molecule has 1 aliphatic rings. The van der Waals surface area contributed by atoms with E-state index >= 15 is 0 Å². The van der Waals surface area contributed by atoms with Crippen molar-refractivity contribution in [2.24, 2.45) is 0 Å². The first-order valence-electron chi connectivity index (χ1n) is 11.2. The Balaban J connectivity index is 1.57. The van der Waals surface area contributed by atoms with E-state index in [1.54, 1.807) is 37.5 Å². The maximum Gasteiger partial charge on any atom is 0.266 e. The molecule has 2 heterocycles. The molecule has 4 rings (SSSR count). The lowest BCUT2D eigenvalue weighted by molar-refractivity contribution is -0.112. The van der Waals surface area contributed by atoms with Gasteiger partial charge in [0.05, 0.1) is 20.3 Å². The fraction of sp³-hybridized carbons (Fsp3) is 0.259. The van der Waals surface area contributed by atoms with Gasteiger partial charge >= 0.3 is 0 Å². The van der Waals surface area contributed by atoms with Crippen LogP contribution >= 0.6 is 0 Å². The molecule has 1 saturated heterocycles. The van der Waals surface area contributed by atoms with Gasteiger partial charge in [-0.3, -0.25) is 4.79 Å². The molecule has 2 aromatic carbocycles. The smallest absolute Gasteiger partial charge is 0.266 e. The van der Waals surface area contributed by atoms with Crippen LogP contribution in [-0.2, 0) is 9.53 Å². The normalized spacial score (nSPS) is 13.9. The van der Waals surface area contributed by atoms with Gasteiger partial charge in [0.15, 0.2) is 0 Å². The number of benzene rings is 2. The molecule has 3 aromatic rings. The van der Waals surface area contributed by atoms with Gasteiger partial charge in [0.25, 0.3) is 5.91 Å². The number of carbonyl (C=O) groups excluding carboxylic acids is 1. The lowest BCUT2D eigenvalue weighted by atomic mass is 10.1. The summed E-state index contributed by atoms with van der Waals surface area (Å²) in [6.45, 7) is 7.29. The lowest BCUT2D eigenvalue weighted by Gasteiger charge is -2.29. The summed E-state index contributed by atoms with van der Waals surface area (Å²) >= 11 is 0. The molecule has 1 aromatic heterocycles. The first kappa shape index (κ1) is 23.1. The molecule has 0 saturated carbocycles. The highest BCUT2D eigenvalue weighted by atomic mass is 16.5. The predicted molar refractivity (Wildman–Crippen MR) is 133 cm³/mol. The Morgan fingerprint density at radius 3 is 2.47 bits per heavy atom. The van der Waals surface area contributed by atoms with Crippen molar-refractivity contribution < 1.29 is 14.3 Å². The first-order chi connectivity index (χ1) is 16.5. The first-order valence-corrected chi connectivity index (χ1v) is 11.2. The molecule has 7 nitrogen and oxygen atoms in total. The van der Waals surface area contributed by atoms with Crippen LogP contribution in [0.4, 0.5) is 11.4 Å². The van der Waals surface area contributed by atoms with Crippen molar-refractivity contribution in [2.45, 2.75) is 13.8 Å². The van der Waals surface area contributed by atoms with Crippen LogP contribution in [0.3, 0.4) is 0 Å². The van der Waals surface area contributed by atoms with Gasteiger partial charge < -0.3 is 24.3 Å². The Kier molecular flexibility index (Phi) is 7.00. The molecule has 34 heavy (non-hydrogen) atoms. The molecule has 7 heteroatoms. The van der Waals surface area contributed by atoms with Crippen LogP contribution in [0.2, 0.25) is 0 Å². The summed E-state index contributed by atoms with van der Waals surface area (Å²) in [6.07, 6.45) is 1.64. The number of hydrogen-bond acceptors (Lipinski definition) is 5. The maximum absolute atomic E-state index is 12.7. The number of nitriles is 1.